The van der Waals surface area contributed by atoms with Crippen molar-refractivity contribution in [1.29, 1.82) is 0 Å². The van der Waals surface area contributed by atoms with E-state index in [2.05, 4.69) is 9.80 Å². The van der Waals surface area contributed by atoms with E-state index in [-0.39, 0.29) is 24.2 Å². The predicted octanol–water partition coefficient (Wildman–Crippen LogP) is 4.60. The molecule has 0 radical (unpaired) electrons. The molecule has 0 spiro atoms. The summed E-state index contributed by atoms with van der Waals surface area (Å²) in [6.07, 6.45) is 0. The van der Waals surface area contributed by atoms with Gasteiger partial charge in [-0.3, -0.25) is 19.4 Å². The van der Waals surface area contributed by atoms with Gasteiger partial charge in [-0.2, -0.15) is 0 Å². The molecule has 3 aromatic carbocycles. The van der Waals surface area contributed by atoms with Gasteiger partial charge in [-0.05, 0) is 41.5 Å². The molecule has 1 fully saturated rings. The summed E-state index contributed by atoms with van der Waals surface area (Å²) in [6, 6.07) is 19.3. The lowest BCUT2D eigenvalue weighted by Gasteiger charge is -2.36. The number of benzene rings is 3. The van der Waals surface area contributed by atoms with Crippen LogP contribution < -0.4 is 4.90 Å². The maximum Gasteiger partial charge on any atom is 0.263 e. The van der Waals surface area contributed by atoms with Crippen LogP contribution in [0.5, 0.6) is 0 Å². The number of carbonyl (C=O) groups is 2. The Balaban J connectivity index is 1.31. The van der Waals surface area contributed by atoms with E-state index < -0.39 is 0 Å². The van der Waals surface area contributed by atoms with Crippen LogP contribution in [0.2, 0.25) is 5.02 Å². The molecule has 1 saturated heterocycles. The SMILES string of the molecule is O=C1c2cccc(N3CCN(Cc4ccc(F)cc4)CC3)c2C(=O)N1Cc1ccccc1Cl. The Bertz CT molecular complexity index is 1210. The summed E-state index contributed by atoms with van der Waals surface area (Å²) in [5.41, 5.74) is 3.53. The highest BCUT2D eigenvalue weighted by atomic mass is 35.5. The summed E-state index contributed by atoms with van der Waals surface area (Å²) in [7, 11) is 0. The summed E-state index contributed by atoms with van der Waals surface area (Å²) in [4.78, 5) is 32.1. The van der Waals surface area contributed by atoms with E-state index in [1.807, 2.05) is 42.5 Å². The molecule has 5 nitrogen and oxygen atoms in total. The first-order valence-corrected chi connectivity index (χ1v) is 11.3. The van der Waals surface area contributed by atoms with Gasteiger partial charge in [0.25, 0.3) is 11.8 Å². The van der Waals surface area contributed by atoms with Crippen molar-refractivity contribution in [3.8, 4) is 0 Å². The molecule has 2 aliphatic rings. The lowest BCUT2D eigenvalue weighted by molar-refractivity contribution is 0.0642. The van der Waals surface area contributed by atoms with Gasteiger partial charge in [0.2, 0.25) is 0 Å². The molecule has 0 bridgehead atoms. The first kappa shape index (κ1) is 21.6. The van der Waals surface area contributed by atoms with Crippen molar-refractivity contribution in [2.45, 2.75) is 13.1 Å². The highest BCUT2D eigenvalue weighted by Crippen LogP contribution is 2.34. The number of hydrogen-bond acceptors (Lipinski definition) is 4. The number of imide groups is 1. The maximum atomic E-state index is 13.3. The average Bonchev–Trinajstić information content (AvgIpc) is 3.07. The van der Waals surface area contributed by atoms with Crippen LogP contribution in [0.15, 0.2) is 66.7 Å². The number of carbonyl (C=O) groups excluding carboxylic acids is 2. The monoisotopic (exact) mass is 463 g/mol. The first-order chi connectivity index (χ1) is 16.0. The van der Waals surface area contributed by atoms with E-state index in [4.69, 9.17) is 11.6 Å². The first-order valence-electron chi connectivity index (χ1n) is 11.0. The minimum absolute atomic E-state index is 0.150. The summed E-state index contributed by atoms with van der Waals surface area (Å²) in [6.45, 7) is 4.01. The third-order valence-corrected chi connectivity index (χ3v) is 6.66. The fourth-order valence-corrected chi connectivity index (χ4v) is 4.71. The van der Waals surface area contributed by atoms with Crippen molar-refractivity contribution in [3.63, 3.8) is 0 Å². The van der Waals surface area contributed by atoms with E-state index in [1.54, 1.807) is 12.1 Å². The second-order valence-electron chi connectivity index (χ2n) is 8.38. The molecule has 168 valence electrons. The number of piperazine rings is 1. The molecule has 33 heavy (non-hydrogen) atoms. The molecule has 0 unspecified atom stereocenters. The van der Waals surface area contributed by atoms with E-state index in [9.17, 15) is 14.0 Å². The van der Waals surface area contributed by atoms with Gasteiger partial charge in [-0.15, -0.1) is 0 Å². The molecule has 7 heteroatoms. The van der Waals surface area contributed by atoms with Gasteiger partial charge in [-0.25, -0.2) is 4.39 Å². The van der Waals surface area contributed by atoms with Crippen LogP contribution >= 0.6 is 11.6 Å². The molecule has 0 aromatic heterocycles. The van der Waals surface area contributed by atoms with E-state index in [0.717, 1.165) is 49.5 Å². The number of hydrogen-bond donors (Lipinski definition) is 0. The van der Waals surface area contributed by atoms with E-state index in [1.165, 1.54) is 17.0 Å². The fraction of sp³-hybridized carbons (Fsp3) is 0.231. The van der Waals surface area contributed by atoms with Crippen molar-refractivity contribution in [3.05, 3.63) is 99.8 Å². The Morgan fingerprint density at radius 3 is 2.24 bits per heavy atom. The maximum absolute atomic E-state index is 13.3. The fourth-order valence-electron chi connectivity index (χ4n) is 4.51. The smallest absolute Gasteiger partial charge is 0.263 e. The molecule has 2 amide bonds. The molecular formula is C26H23ClFN3O2. The molecule has 2 heterocycles. The minimum Gasteiger partial charge on any atom is -0.368 e. The zero-order valence-electron chi connectivity index (χ0n) is 18.0. The Morgan fingerprint density at radius 2 is 1.52 bits per heavy atom. The summed E-state index contributed by atoms with van der Waals surface area (Å²) < 4.78 is 13.2. The second-order valence-corrected chi connectivity index (χ2v) is 8.78. The van der Waals surface area contributed by atoms with Crippen LogP contribution in [0.25, 0.3) is 0 Å². The summed E-state index contributed by atoms with van der Waals surface area (Å²) in [5.74, 6) is -0.796. The number of amides is 2. The highest BCUT2D eigenvalue weighted by Gasteiger charge is 2.39. The van der Waals surface area contributed by atoms with Crippen LogP contribution in [0.4, 0.5) is 10.1 Å². The van der Waals surface area contributed by atoms with Crippen molar-refractivity contribution in [1.82, 2.24) is 9.80 Å². The molecule has 0 saturated carbocycles. The molecule has 0 N–H and O–H groups in total. The Morgan fingerprint density at radius 1 is 0.788 bits per heavy atom. The van der Waals surface area contributed by atoms with Gasteiger partial charge in [0.15, 0.2) is 0 Å². The largest absolute Gasteiger partial charge is 0.368 e. The third-order valence-electron chi connectivity index (χ3n) is 6.30. The molecular weight excluding hydrogens is 441 g/mol. The molecule has 5 rings (SSSR count). The van der Waals surface area contributed by atoms with E-state index >= 15 is 0 Å². The quantitative estimate of drug-likeness (QED) is 0.519. The average molecular weight is 464 g/mol. The molecule has 3 aromatic rings. The van der Waals surface area contributed by atoms with Gasteiger partial charge in [-0.1, -0.05) is 48.0 Å². The number of halogens is 2. The standard InChI is InChI=1S/C26H23ClFN3O2/c27-22-6-2-1-4-19(22)17-31-25(32)21-5-3-7-23(24(21)26(31)33)30-14-12-29(13-15-30)16-18-8-10-20(28)11-9-18/h1-11H,12-17H2. The van der Waals surface area contributed by atoms with Gasteiger partial charge in [0.05, 0.1) is 23.4 Å². The lowest BCUT2D eigenvalue weighted by atomic mass is 10.1. The number of anilines is 1. The van der Waals surface area contributed by atoms with Crippen molar-refractivity contribution in [2.75, 3.05) is 31.1 Å². The van der Waals surface area contributed by atoms with Crippen molar-refractivity contribution < 1.29 is 14.0 Å². The number of fused-ring (bicyclic) bond motifs is 1. The van der Waals surface area contributed by atoms with Gasteiger partial charge in [0, 0.05) is 37.7 Å². The second kappa shape index (κ2) is 8.96. The van der Waals surface area contributed by atoms with Gasteiger partial charge < -0.3 is 4.90 Å². The summed E-state index contributed by atoms with van der Waals surface area (Å²) >= 11 is 6.26. The zero-order chi connectivity index (χ0) is 22.9. The summed E-state index contributed by atoms with van der Waals surface area (Å²) in [5, 5.41) is 0.534. The van der Waals surface area contributed by atoms with Gasteiger partial charge >= 0.3 is 0 Å². The molecule has 0 aliphatic carbocycles. The van der Waals surface area contributed by atoms with Crippen LogP contribution in [-0.4, -0.2) is 47.8 Å². The highest BCUT2D eigenvalue weighted by molar-refractivity contribution is 6.31. The molecule has 0 atom stereocenters. The zero-order valence-corrected chi connectivity index (χ0v) is 18.8. The predicted molar refractivity (Wildman–Crippen MR) is 126 cm³/mol. The van der Waals surface area contributed by atoms with Crippen LogP contribution in [0, 0.1) is 5.82 Å². The van der Waals surface area contributed by atoms with Crippen LogP contribution in [0.1, 0.15) is 31.8 Å². The topological polar surface area (TPSA) is 43.9 Å². The minimum atomic E-state index is -0.285. The lowest BCUT2D eigenvalue weighted by Crippen LogP contribution is -2.46. The van der Waals surface area contributed by atoms with Gasteiger partial charge in [0.1, 0.15) is 5.82 Å². The third kappa shape index (κ3) is 4.24. The van der Waals surface area contributed by atoms with Crippen molar-refractivity contribution >= 4 is 29.1 Å². The van der Waals surface area contributed by atoms with Crippen LogP contribution in [-0.2, 0) is 13.1 Å². The van der Waals surface area contributed by atoms with Crippen LogP contribution in [0.3, 0.4) is 0 Å². The normalized spacial score (nSPS) is 16.4. The Kier molecular flexibility index (Phi) is 5.87. The van der Waals surface area contributed by atoms with Crippen molar-refractivity contribution in [2.24, 2.45) is 0 Å². The number of nitrogens with zero attached hydrogens (tertiary/aromatic N) is 3. The Labute approximate surface area is 197 Å². The molecule has 2 aliphatic heterocycles. The number of rotatable bonds is 5. The Hall–Kier alpha value is -3.22. The van der Waals surface area contributed by atoms with E-state index in [0.29, 0.717) is 16.1 Å².